The van der Waals surface area contributed by atoms with Gasteiger partial charge in [0.25, 0.3) is 5.08 Å². The molecule has 0 bridgehead atoms. The van der Waals surface area contributed by atoms with Gasteiger partial charge in [0.05, 0.1) is 12.2 Å². The maximum atomic E-state index is 10.7. The smallest absolute Gasteiger partial charge is 0.369 e. The van der Waals surface area contributed by atoms with E-state index in [1.54, 1.807) is 5.57 Å². The second-order valence-electron chi connectivity index (χ2n) is 13.7. The molecular formula is C31H57NNaO9P2. The molecule has 3 aliphatic carbocycles. The van der Waals surface area contributed by atoms with Gasteiger partial charge in [-0.1, -0.05) is 71.3 Å². The van der Waals surface area contributed by atoms with Crippen LogP contribution in [0.4, 0.5) is 0 Å². The van der Waals surface area contributed by atoms with Crippen LogP contribution < -0.4 is 5.73 Å². The summed E-state index contributed by atoms with van der Waals surface area (Å²) in [6.07, 6.45) is 14.3. The minimum Gasteiger partial charge on any atom is -0.393 e. The standard InChI is InChI=1S/C27H44O2.C4H13NO7P2.Na/c1-18(2)8-6-9-19(3)24-13-14-25-21(10-7-15-27(24,25)5)11-12-22-16-23(28)17-26(29)20(22)4;5-3-1-2-4(6,13(7,8)9)14(10,11)12;/h11-12,18-19,23-26,28-29H,4,6-10,13-17H2,1-3,5H3;6H,1-3,5H2,(H2,7,8,9)(H2,10,11,12);/b21-11+,22-12-;;/t19-,23-,24-,25+,26+,27-;;/m1../s1. The van der Waals surface area contributed by atoms with Gasteiger partial charge in [0.1, 0.15) is 0 Å². The van der Waals surface area contributed by atoms with Crippen molar-refractivity contribution in [2.45, 2.75) is 122 Å². The number of hydrogen-bond acceptors (Lipinski definition) is 6. The Bertz CT molecular complexity index is 1080. The molecule has 0 aromatic rings. The zero-order valence-corrected chi connectivity index (χ0v) is 31.2. The molecule has 0 heterocycles. The van der Waals surface area contributed by atoms with Gasteiger partial charge in [0.2, 0.25) is 0 Å². The van der Waals surface area contributed by atoms with E-state index in [9.17, 15) is 24.4 Å². The van der Waals surface area contributed by atoms with Crippen molar-refractivity contribution >= 4 is 44.7 Å². The maximum Gasteiger partial charge on any atom is 0.369 e. The molecule has 0 saturated heterocycles. The average molecular weight is 673 g/mol. The van der Waals surface area contributed by atoms with Crippen LogP contribution in [0.15, 0.2) is 35.5 Å². The van der Waals surface area contributed by atoms with E-state index in [4.69, 9.17) is 25.3 Å². The number of fused-ring (bicyclic) bond motifs is 1. The molecule has 0 aromatic carbocycles. The van der Waals surface area contributed by atoms with Gasteiger partial charge in [-0.25, -0.2) is 0 Å². The molecule has 0 amide bonds. The van der Waals surface area contributed by atoms with Gasteiger partial charge in [-0.15, -0.1) is 0 Å². The normalized spacial score (nSPS) is 30.5. The Kier molecular flexibility index (Phi) is 17.0. The van der Waals surface area contributed by atoms with Crippen LogP contribution in [0.1, 0.15) is 105 Å². The summed E-state index contributed by atoms with van der Waals surface area (Å²) in [6.45, 7) is 13.8. The molecule has 1 radical (unpaired) electrons. The first-order chi connectivity index (χ1) is 19.8. The Morgan fingerprint density at radius 2 is 1.66 bits per heavy atom. The van der Waals surface area contributed by atoms with Crippen LogP contribution in [0.3, 0.4) is 0 Å². The van der Waals surface area contributed by atoms with E-state index in [2.05, 4.69) is 46.4 Å². The van der Waals surface area contributed by atoms with Gasteiger partial charge in [-0.2, -0.15) is 0 Å². The quantitative estimate of drug-likeness (QED) is 0.110. The largest absolute Gasteiger partial charge is 0.393 e. The van der Waals surface area contributed by atoms with Crippen molar-refractivity contribution in [2.75, 3.05) is 6.54 Å². The molecule has 3 fully saturated rings. The summed E-state index contributed by atoms with van der Waals surface area (Å²) in [4.78, 5) is 34.5. The van der Waals surface area contributed by atoms with Crippen LogP contribution in [0.5, 0.6) is 0 Å². The Labute approximate surface area is 286 Å². The number of allylic oxidation sites excluding steroid dienone is 3. The third-order valence-corrected chi connectivity index (χ3v) is 14.0. The predicted octanol–water partition coefficient (Wildman–Crippen LogP) is 4.94. The first-order valence-electron chi connectivity index (χ1n) is 15.8. The van der Waals surface area contributed by atoms with Gasteiger partial charge in [0, 0.05) is 42.4 Å². The molecule has 44 heavy (non-hydrogen) atoms. The molecule has 10 nitrogen and oxygen atoms in total. The van der Waals surface area contributed by atoms with Crippen molar-refractivity contribution in [3.8, 4) is 0 Å². The molecule has 6 atom stereocenters. The maximum absolute atomic E-state index is 10.7. The molecule has 0 unspecified atom stereocenters. The van der Waals surface area contributed by atoms with E-state index in [1.165, 1.54) is 51.4 Å². The molecule has 3 saturated carbocycles. The van der Waals surface area contributed by atoms with Crippen LogP contribution in [0, 0.1) is 29.1 Å². The number of aliphatic hydroxyl groups excluding tert-OH is 2. The van der Waals surface area contributed by atoms with E-state index in [0.29, 0.717) is 24.2 Å². The average Bonchev–Trinajstić information content (AvgIpc) is 3.24. The van der Waals surface area contributed by atoms with Gasteiger partial charge in [-0.3, -0.25) is 9.13 Å². The molecule has 3 rings (SSSR count). The van der Waals surface area contributed by atoms with Crippen LogP contribution >= 0.6 is 15.2 Å². The first-order valence-corrected chi connectivity index (χ1v) is 19.0. The van der Waals surface area contributed by atoms with Crippen molar-refractivity contribution in [2.24, 2.45) is 34.8 Å². The van der Waals surface area contributed by atoms with Gasteiger partial charge < -0.3 is 40.6 Å². The number of nitrogens with two attached hydrogens (primary N) is 1. The third kappa shape index (κ3) is 10.7. The fourth-order valence-electron chi connectivity index (χ4n) is 7.53. The Morgan fingerprint density at radius 3 is 2.20 bits per heavy atom. The topological polar surface area (TPSA) is 202 Å². The SMILES string of the molecule is C=C1/C(=C\C=C2/CCC[C@]3(C)[C@@H]([C@H](C)CCCC(C)C)CC[C@@H]23)C[C@@H](O)C[C@@H]1O.NCCCC(O)(P(=O)(O)O)P(=O)(O)O.[Na]. The molecule has 0 aliphatic heterocycles. The minimum atomic E-state index is -5.30. The number of aliphatic hydroxyl groups is 3. The molecular weight excluding hydrogens is 615 g/mol. The van der Waals surface area contributed by atoms with Crippen molar-refractivity contribution < 1.29 is 44.0 Å². The van der Waals surface area contributed by atoms with Gasteiger partial charge >= 0.3 is 15.2 Å². The molecule has 13 heteroatoms. The molecule has 0 aromatic heterocycles. The minimum absolute atomic E-state index is 0. The van der Waals surface area contributed by atoms with Crippen LogP contribution in [-0.4, -0.2) is 88.3 Å². The summed E-state index contributed by atoms with van der Waals surface area (Å²) >= 11 is 0. The number of hydrogen-bond donors (Lipinski definition) is 8. The Balaban J connectivity index is 0.000000550. The third-order valence-electron chi connectivity index (χ3n) is 10.1. The van der Waals surface area contributed by atoms with Crippen LogP contribution in [0.25, 0.3) is 0 Å². The zero-order valence-electron chi connectivity index (χ0n) is 27.4. The molecule has 0 spiro atoms. The van der Waals surface area contributed by atoms with E-state index in [1.807, 2.05) is 0 Å². The van der Waals surface area contributed by atoms with Crippen molar-refractivity contribution in [1.82, 2.24) is 0 Å². The summed E-state index contributed by atoms with van der Waals surface area (Å²) in [6, 6.07) is 0. The van der Waals surface area contributed by atoms with Crippen molar-refractivity contribution in [3.05, 3.63) is 35.5 Å². The van der Waals surface area contributed by atoms with Crippen molar-refractivity contribution in [3.63, 3.8) is 0 Å². The fourth-order valence-corrected chi connectivity index (χ4v) is 9.79. The second-order valence-corrected chi connectivity index (χ2v) is 17.7. The monoisotopic (exact) mass is 672 g/mol. The van der Waals surface area contributed by atoms with Crippen molar-refractivity contribution in [1.29, 1.82) is 0 Å². The molecule has 3 aliphatic rings. The van der Waals surface area contributed by atoms with E-state index < -0.39 is 38.9 Å². The molecule has 9 N–H and O–H groups in total. The second kappa shape index (κ2) is 17.7. The predicted molar refractivity (Wildman–Crippen MR) is 176 cm³/mol. The molecule has 251 valence electrons. The summed E-state index contributed by atoms with van der Waals surface area (Å²) in [5.41, 5.74) is 8.89. The van der Waals surface area contributed by atoms with E-state index in [-0.39, 0.29) is 42.5 Å². The van der Waals surface area contributed by atoms with Crippen LogP contribution in [0.2, 0.25) is 0 Å². The first kappa shape index (κ1) is 42.4. The Morgan fingerprint density at radius 1 is 1.05 bits per heavy atom. The summed E-state index contributed by atoms with van der Waals surface area (Å²) in [5, 5.41) is 26.1. The van der Waals surface area contributed by atoms with E-state index in [0.717, 1.165) is 28.9 Å². The van der Waals surface area contributed by atoms with Gasteiger partial charge in [-0.05, 0) is 91.7 Å². The van der Waals surface area contributed by atoms with Crippen LogP contribution in [-0.2, 0) is 9.13 Å². The Hall–Kier alpha value is 0.360. The summed E-state index contributed by atoms with van der Waals surface area (Å²) in [5.74, 6) is 3.20. The number of rotatable bonds is 11. The fraction of sp³-hybridized carbons (Fsp3) is 0.806. The van der Waals surface area contributed by atoms with E-state index >= 15 is 0 Å². The van der Waals surface area contributed by atoms with Gasteiger partial charge in [0.15, 0.2) is 0 Å². The summed E-state index contributed by atoms with van der Waals surface area (Å²) < 4.78 is 21.4. The summed E-state index contributed by atoms with van der Waals surface area (Å²) in [7, 11) is -10.6. The zero-order chi connectivity index (χ0) is 32.8.